The number of ether oxygens (including phenoxy) is 1. The molecule has 0 radical (unpaired) electrons. The summed E-state index contributed by atoms with van der Waals surface area (Å²) in [5, 5.41) is 2.87. The van der Waals surface area contributed by atoms with E-state index in [-0.39, 0.29) is 10.8 Å². The maximum Gasteiger partial charge on any atom is 0.262 e. The van der Waals surface area contributed by atoms with Crippen molar-refractivity contribution in [3.05, 3.63) is 54.1 Å². The predicted molar refractivity (Wildman–Crippen MR) is 99.8 cm³/mol. The van der Waals surface area contributed by atoms with Crippen LogP contribution in [0.5, 0.6) is 5.75 Å². The van der Waals surface area contributed by atoms with Crippen LogP contribution in [0.1, 0.15) is 25.3 Å². The Labute approximate surface area is 153 Å². The van der Waals surface area contributed by atoms with Crippen molar-refractivity contribution in [1.82, 2.24) is 5.32 Å². The number of methoxy groups -OCH3 is 1. The molecule has 1 saturated carbocycles. The van der Waals surface area contributed by atoms with Crippen molar-refractivity contribution in [1.29, 1.82) is 0 Å². The van der Waals surface area contributed by atoms with Crippen LogP contribution in [-0.2, 0) is 20.2 Å². The third-order valence-electron chi connectivity index (χ3n) is 4.56. The van der Waals surface area contributed by atoms with E-state index < -0.39 is 15.4 Å². The number of amides is 1. The topological polar surface area (TPSA) is 84.5 Å². The van der Waals surface area contributed by atoms with Crippen LogP contribution in [0.25, 0.3) is 0 Å². The second-order valence-corrected chi connectivity index (χ2v) is 7.99. The summed E-state index contributed by atoms with van der Waals surface area (Å²) in [6, 6.07) is 13.3. The number of hydrogen-bond donors (Lipinski definition) is 2. The van der Waals surface area contributed by atoms with Gasteiger partial charge in [0.1, 0.15) is 5.75 Å². The predicted octanol–water partition coefficient (Wildman–Crippen LogP) is 2.66. The van der Waals surface area contributed by atoms with E-state index in [0.717, 1.165) is 18.4 Å². The van der Waals surface area contributed by atoms with Crippen molar-refractivity contribution in [3.8, 4) is 5.75 Å². The molecule has 2 aromatic rings. The van der Waals surface area contributed by atoms with Crippen LogP contribution in [0.2, 0.25) is 0 Å². The highest BCUT2D eigenvalue weighted by molar-refractivity contribution is 7.92. The molecule has 26 heavy (non-hydrogen) atoms. The summed E-state index contributed by atoms with van der Waals surface area (Å²) in [7, 11) is -2.23. The van der Waals surface area contributed by atoms with Gasteiger partial charge in [0.15, 0.2) is 0 Å². The molecule has 1 aliphatic carbocycles. The molecule has 0 spiro atoms. The molecule has 0 heterocycles. The summed E-state index contributed by atoms with van der Waals surface area (Å²) in [5.74, 6) is 0.505. The maximum absolute atomic E-state index is 12.5. The molecule has 0 bridgehead atoms. The summed E-state index contributed by atoms with van der Waals surface area (Å²) in [6.07, 6.45) is 1.63. The highest BCUT2D eigenvalue weighted by atomic mass is 32.2. The number of carbonyl (C=O) groups is 1. The number of benzene rings is 2. The van der Waals surface area contributed by atoms with E-state index in [4.69, 9.17) is 4.74 Å². The summed E-state index contributed by atoms with van der Waals surface area (Å²) < 4.78 is 32.7. The Morgan fingerprint density at radius 3 is 2.42 bits per heavy atom. The summed E-state index contributed by atoms with van der Waals surface area (Å²) in [5.41, 5.74) is 0.899. The van der Waals surface area contributed by atoms with Gasteiger partial charge >= 0.3 is 0 Å². The van der Waals surface area contributed by atoms with Gasteiger partial charge in [0.2, 0.25) is 5.91 Å². The van der Waals surface area contributed by atoms with Gasteiger partial charge in [-0.2, -0.15) is 0 Å². The van der Waals surface area contributed by atoms with E-state index in [0.29, 0.717) is 18.0 Å². The van der Waals surface area contributed by atoms with Crippen LogP contribution in [0.15, 0.2) is 53.4 Å². The lowest BCUT2D eigenvalue weighted by atomic mass is 9.95. The van der Waals surface area contributed by atoms with Crippen LogP contribution in [-0.4, -0.2) is 28.0 Å². The van der Waals surface area contributed by atoms with Crippen LogP contribution >= 0.6 is 0 Å². The first-order valence-electron chi connectivity index (χ1n) is 8.47. The molecule has 6 nitrogen and oxygen atoms in total. The molecule has 0 aromatic heterocycles. The lowest BCUT2D eigenvalue weighted by molar-refractivity contribution is -0.123. The van der Waals surface area contributed by atoms with Crippen molar-refractivity contribution in [3.63, 3.8) is 0 Å². The molecular formula is C19H22N2O4S. The fourth-order valence-electron chi connectivity index (χ4n) is 2.94. The average molecular weight is 374 g/mol. The maximum atomic E-state index is 12.5. The van der Waals surface area contributed by atoms with E-state index in [9.17, 15) is 13.2 Å². The fraction of sp³-hybridized carbons (Fsp3) is 0.316. The number of carbonyl (C=O) groups excluding carboxylic acids is 1. The van der Waals surface area contributed by atoms with Crippen molar-refractivity contribution in [2.45, 2.75) is 30.1 Å². The minimum absolute atomic E-state index is 0.0321. The lowest BCUT2D eigenvalue weighted by Crippen LogP contribution is -2.34. The van der Waals surface area contributed by atoms with Crippen LogP contribution < -0.4 is 14.8 Å². The van der Waals surface area contributed by atoms with Crippen LogP contribution in [0.4, 0.5) is 5.69 Å². The Bertz CT molecular complexity index is 903. The Morgan fingerprint density at radius 2 is 1.85 bits per heavy atom. The minimum Gasteiger partial charge on any atom is -0.497 e. The Balaban J connectivity index is 1.78. The lowest BCUT2D eigenvalue weighted by Gasteiger charge is -2.16. The van der Waals surface area contributed by atoms with Crippen LogP contribution in [0, 0.1) is 0 Å². The smallest absolute Gasteiger partial charge is 0.262 e. The van der Waals surface area contributed by atoms with Crippen molar-refractivity contribution in [2.24, 2.45) is 0 Å². The number of sulfonamides is 1. The average Bonchev–Trinajstić information content (AvgIpc) is 3.44. The number of hydrogen-bond acceptors (Lipinski definition) is 4. The first kappa shape index (κ1) is 18.3. The Morgan fingerprint density at radius 1 is 1.15 bits per heavy atom. The highest BCUT2D eigenvalue weighted by Gasteiger charge is 2.50. The molecule has 0 aliphatic heterocycles. The SMILES string of the molecule is CCNC(=O)C1(c2ccc(NS(=O)(=O)c3cccc(OC)c3)cc2)CC1. The van der Waals surface area contributed by atoms with E-state index in [1.807, 2.05) is 19.1 Å². The summed E-state index contributed by atoms with van der Waals surface area (Å²) in [6.45, 7) is 2.49. The van der Waals surface area contributed by atoms with Gasteiger partial charge in [0.25, 0.3) is 10.0 Å². The van der Waals surface area contributed by atoms with Gasteiger partial charge in [-0.1, -0.05) is 18.2 Å². The van der Waals surface area contributed by atoms with Gasteiger partial charge in [-0.3, -0.25) is 9.52 Å². The normalized spacial score (nSPS) is 15.2. The van der Waals surface area contributed by atoms with Crippen molar-refractivity contribution < 1.29 is 17.9 Å². The molecule has 0 atom stereocenters. The molecule has 2 aromatic carbocycles. The number of anilines is 1. The zero-order valence-electron chi connectivity index (χ0n) is 14.8. The second-order valence-electron chi connectivity index (χ2n) is 6.30. The second kappa shape index (κ2) is 6.99. The minimum atomic E-state index is -3.71. The van der Waals surface area contributed by atoms with E-state index in [1.54, 1.807) is 24.3 Å². The third-order valence-corrected chi connectivity index (χ3v) is 5.94. The van der Waals surface area contributed by atoms with E-state index >= 15 is 0 Å². The van der Waals surface area contributed by atoms with Crippen molar-refractivity contribution >= 4 is 21.6 Å². The van der Waals surface area contributed by atoms with Gasteiger partial charge in [-0.15, -0.1) is 0 Å². The van der Waals surface area contributed by atoms with E-state index in [2.05, 4.69) is 10.0 Å². The van der Waals surface area contributed by atoms with Gasteiger partial charge in [-0.05, 0) is 49.6 Å². The monoisotopic (exact) mass is 374 g/mol. The number of likely N-dealkylation sites (N-methyl/N-ethyl adjacent to an activating group) is 1. The third kappa shape index (κ3) is 3.53. The van der Waals surface area contributed by atoms with Crippen molar-refractivity contribution in [2.75, 3.05) is 18.4 Å². The van der Waals surface area contributed by atoms with Gasteiger partial charge in [0, 0.05) is 18.3 Å². The number of nitrogens with one attached hydrogen (secondary N) is 2. The first-order valence-corrected chi connectivity index (χ1v) is 9.95. The Kier molecular flexibility index (Phi) is 4.91. The molecule has 138 valence electrons. The molecule has 1 fully saturated rings. The molecular weight excluding hydrogens is 352 g/mol. The summed E-state index contributed by atoms with van der Waals surface area (Å²) in [4.78, 5) is 12.4. The highest BCUT2D eigenvalue weighted by Crippen LogP contribution is 2.48. The van der Waals surface area contributed by atoms with Gasteiger partial charge in [0.05, 0.1) is 17.4 Å². The number of rotatable bonds is 7. The standard InChI is InChI=1S/C19H22N2O4S/c1-3-20-18(22)19(11-12-19)14-7-9-15(10-8-14)21-26(23,24)17-6-4-5-16(13-17)25-2/h4-10,13,21H,3,11-12H2,1-2H3,(H,20,22). The molecule has 2 N–H and O–H groups in total. The zero-order valence-corrected chi connectivity index (χ0v) is 15.6. The molecule has 7 heteroatoms. The Hall–Kier alpha value is -2.54. The van der Waals surface area contributed by atoms with E-state index in [1.165, 1.54) is 19.2 Å². The largest absolute Gasteiger partial charge is 0.497 e. The molecule has 3 rings (SSSR count). The van der Waals surface area contributed by atoms with Crippen LogP contribution in [0.3, 0.4) is 0 Å². The first-order chi connectivity index (χ1) is 12.4. The quantitative estimate of drug-likeness (QED) is 0.780. The molecule has 0 unspecified atom stereocenters. The zero-order chi connectivity index (χ0) is 18.8. The van der Waals surface area contributed by atoms with Gasteiger partial charge < -0.3 is 10.1 Å². The fourth-order valence-corrected chi connectivity index (χ4v) is 4.03. The summed E-state index contributed by atoms with van der Waals surface area (Å²) >= 11 is 0. The molecule has 1 amide bonds. The van der Waals surface area contributed by atoms with Gasteiger partial charge in [-0.25, -0.2) is 8.42 Å². The molecule has 1 aliphatic rings. The molecule has 0 saturated heterocycles.